The zero-order valence-electron chi connectivity index (χ0n) is 24.4. The maximum Gasteiger partial charge on any atom is 0.335 e. The molecule has 1 aromatic carbocycles. The van der Waals surface area contributed by atoms with Gasteiger partial charge < -0.3 is 64.9 Å². The quantitative estimate of drug-likeness (QED) is 0.164. The van der Waals surface area contributed by atoms with Crippen molar-refractivity contribution in [3.8, 4) is 5.75 Å². The topological polar surface area (TPSA) is 253 Å². The van der Waals surface area contributed by atoms with E-state index in [1.165, 1.54) is 0 Å². The molecule has 0 unspecified atom stereocenters. The zero-order chi connectivity index (χ0) is 32.5. The highest BCUT2D eigenvalue weighted by Gasteiger charge is 2.60. The summed E-state index contributed by atoms with van der Waals surface area (Å²) in [6.07, 6.45) is -15.9. The Balaban J connectivity index is 1.16. The Bertz CT molecular complexity index is 1290. The van der Waals surface area contributed by atoms with Crippen molar-refractivity contribution in [3.63, 3.8) is 0 Å². The average molecular weight is 641 g/mol. The molecule has 5 aliphatic rings. The lowest BCUT2D eigenvalue weighted by Crippen LogP contribution is -2.61. The van der Waals surface area contributed by atoms with Crippen LogP contribution in [0.1, 0.15) is 49.7 Å². The van der Waals surface area contributed by atoms with Crippen molar-refractivity contribution in [2.45, 2.75) is 119 Å². The van der Waals surface area contributed by atoms with Gasteiger partial charge in [0, 0.05) is 0 Å². The Morgan fingerprint density at radius 2 is 1.42 bits per heavy atom. The minimum Gasteiger partial charge on any atom is -0.479 e. The summed E-state index contributed by atoms with van der Waals surface area (Å²) in [6.45, 7) is 2.00. The smallest absolute Gasteiger partial charge is 0.335 e. The fraction of sp³-hybridized carbons (Fsp3) is 0.733. The van der Waals surface area contributed by atoms with E-state index in [0.717, 1.165) is 24.0 Å². The molecule has 0 radical (unpaired) electrons. The molecule has 3 aliphatic carbocycles. The van der Waals surface area contributed by atoms with Crippen LogP contribution < -0.4 is 4.74 Å². The van der Waals surface area contributed by atoms with E-state index in [2.05, 4.69) is 0 Å². The number of carboxylic acid groups (broad SMARTS) is 2. The van der Waals surface area contributed by atoms with Gasteiger partial charge in [-0.1, -0.05) is 13.0 Å². The molecule has 4 fully saturated rings. The van der Waals surface area contributed by atoms with Gasteiger partial charge in [-0.15, -0.1) is 0 Å². The number of aliphatic carboxylic acids is 2. The molecule has 2 aliphatic heterocycles. The minimum atomic E-state index is -1.85. The van der Waals surface area contributed by atoms with Crippen LogP contribution in [0.25, 0.3) is 0 Å². The molecule has 2 saturated heterocycles. The van der Waals surface area contributed by atoms with Gasteiger partial charge in [-0.3, -0.25) is 0 Å². The first-order chi connectivity index (χ1) is 21.2. The largest absolute Gasteiger partial charge is 0.479 e. The van der Waals surface area contributed by atoms with Crippen LogP contribution in [0.3, 0.4) is 0 Å². The van der Waals surface area contributed by atoms with E-state index in [0.29, 0.717) is 25.0 Å². The second-order valence-corrected chi connectivity index (χ2v) is 13.3. The molecule has 250 valence electrons. The summed E-state index contributed by atoms with van der Waals surface area (Å²) in [5.74, 6) is -2.40. The lowest BCUT2D eigenvalue weighted by molar-refractivity contribution is -0.317. The van der Waals surface area contributed by atoms with E-state index in [9.17, 15) is 55.5 Å². The van der Waals surface area contributed by atoms with Gasteiger partial charge in [0.25, 0.3) is 0 Å². The fourth-order valence-electron chi connectivity index (χ4n) is 8.44. The molecule has 1 aromatic rings. The van der Waals surface area contributed by atoms with Crippen LogP contribution in [-0.2, 0) is 30.2 Å². The van der Waals surface area contributed by atoms with Gasteiger partial charge in [-0.05, 0) is 78.5 Å². The van der Waals surface area contributed by atoms with Gasteiger partial charge in [0.05, 0.1) is 12.2 Å². The standard InChI is InChI=1S/C30H40O15/c1-30-7-6-13-12-5-3-11(42-28-21(36)17(32)19(34)23(43-28)26(38)39)8-10(12)2-4-14(13)15(30)9-16(31)25(30)45-29-22(37)18(33)20(35)24(44-29)27(40)41/h3,5,8,13-25,28-29,31-37H,2,4,6-7,9H2,1H3,(H,38,39)(H,40,41)/t13-,14-,15+,16-,17+,18+,19+,20+,21-,22-,23+,24+,25+,28-,29+,30+/m1/s1. The second-order valence-electron chi connectivity index (χ2n) is 13.3. The number of ether oxygens (including phenoxy) is 4. The Labute approximate surface area is 257 Å². The van der Waals surface area contributed by atoms with Gasteiger partial charge in [0.2, 0.25) is 6.29 Å². The molecule has 0 amide bonds. The number of aliphatic hydroxyl groups is 7. The van der Waals surface area contributed by atoms with E-state index in [4.69, 9.17) is 18.9 Å². The van der Waals surface area contributed by atoms with E-state index in [1.807, 2.05) is 13.0 Å². The van der Waals surface area contributed by atoms with Crippen LogP contribution in [0.15, 0.2) is 18.2 Å². The van der Waals surface area contributed by atoms with Gasteiger partial charge >= 0.3 is 11.9 Å². The molecule has 15 nitrogen and oxygen atoms in total. The Morgan fingerprint density at radius 1 is 0.822 bits per heavy atom. The van der Waals surface area contributed by atoms with E-state index >= 15 is 0 Å². The molecular weight excluding hydrogens is 600 g/mol. The predicted octanol–water partition coefficient (Wildman–Crippen LogP) is -1.94. The zero-order valence-corrected chi connectivity index (χ0v) is 24.4. The number of carbonyl (C=O) groups is 2. The van der Waals surface area contributed by atoms with E-state index in [-0.39, 0.29) is 17.8 Å². The Morgan fingerprint density at radius 3 is 2.04 bits per heavy atom. The molecule has 2 heterocycles. The lowest BCUT2D eigenvalue weighted by atomic mass is 9.55. The average Bonchev–Trinajstić information content (AvgIpc) is 3.26. The maximum atomic E-state index is 11.6. The molecule has 6 rings (SSSR count). The highest BCUT2D eigenvalue weighted by Crippen LogP contribution is 2.62. The molecule has 15 heteroatoms. The summed E-state index contributed by atoms with van der Waals surface area (Å²) in [4.78, 5) is 23.0. The number of hydrogen-bond acceptors (Lipinski definition) is 13. The van der Waals surface area contributed by atoms with Crippen molar-refractivity contribution in [1.82, 2.24) is 0 Å². The third kappa shape index (κ3) is 5.42. The first-order valence-corrected chi connectivity index (χ1v) is 15.2. The highest BCUT2D eigenvalue weighted by atomic mass is 16.7. The van der Waals surface area contributed by atoms with Gasteiger partial charge in [-0.25, -0.2) is 9.59 Å². The molecule has 45 heavy (non-hydrogen) atoms. The summed E-state index contributed by atoms with van der Waals surface area (Å²) in [6, 6.07) is 5.37. The SMILES string of the molecule is C[C@]12CC[C@@H]3c4ccc(O[C@@H]5O[C@H](C(=O)O)[C@@H](O)[C@H](O)[C@H]5O)cc4CC[C@H]3[C@@H]1C[C@@H](O)[C@@H]2O[C@@H]1O[C@H](C(=O)O)[C@@H](O)[C@H](O)[C@H]1O. The minimum absolute atomic E-state index is 0.0125. The van der Waals surface area contributed by atoms with Crippen molar-refractivity contribution in [2.24, 2.45) is 17.3 Å². The lowest BCUT2D eigenvalue weighted by Gasteiger charge is -2.51. The number of aliphatic hydroxyl groups excluding tert-OH is 7. The van der Waals surface area contributed by atoms with E-state index in [1.54, 1.807) is 12.1 Å². The third-order valence-corrected chi connectivity index (χ3v) is 10.8. The number of hydrogen-bond donors (Lipinski definition) is 9. The Hall–Kier alpha value is -2.44. The summed E-state index contributed by atoms with van der Waals surface area (Å²) in [5, 5.41) is 91.1. The van der Waals surface area contributed by atoms with Gasteiger partial charge in [0.15, 0.2) is 18.5 Å². The van der Waals surface area contributed by atoms with Crippen LogP contribution in [0, 0.1) is 17.3 Å². The van der Waals surface area contributed by atoms with Gasteiger partial charge in [-0.2, -0.15) is 0 Å². The van der Waals surface area contributed by atoms with E-state index < -0.39 is 91.0 Å². The monoisotopic (exact) mass is 640 g/mol. The van der Waals surface area contributed by atoms with Crippen molar-refractivity contribution in [1.29, 1.82) is 0 Å². The molecular formula is C30H40O15. The molecule has 16 atom stereocenters. The molecule has 0 aromatic heterocycles. The van der Waals surface area contributed by atoms with Crippen molar-refractivity contribution in [2.75, 3.05) is 0 Å². The van der Waals surface area contributed by atoms with Crippen molar-refractivity contribution >= 4 is 11.9 Å². The second kappa shape index (κ2) is 12.0. The number of benzene rings is 1. The summed E-state index contributed by atoms with van der Waals surface area (Å²) in [7, 11) is 0. The number of aryl methyl sites for hydroxylation is 1. The summed E-state index contributed by atoms with van der Waals surface area (Å²) >= 11 is 0. The molecule has 0 bridgehead atoms. The third-order valence-electron chi connectivity index (χ3n) is 10.8. The highest BCUT2D eigenvalue weighted by molar-refractivity contribution is 5.73. The fourth-order valence-corrected chi connectivity index (χ4v) is 8.44. The van der Waals surface area contributed by atoms with Crippen LogP contribution in [0.4, 0.5) is 0 Å². The van der Waals surface area contributed by atoms with Gasteiger partial charge in [0.1, 0.15) is 42.4 Å². The number of carboxylic acids is 2. The normalized spacial score (nSPS) is 47.7. The first kappa shape index (κ1) is 32.5. The molecule has 0 spiro atoms. The summed E-state index contributed by atoms with van der Waals surface area (Å²) in [5.41, 5.74) is 1.54. The maximum absolute atomic E-state index is 11.6. The Kier molecular flexibility index (Phi) is 8.65. The first-order valence-electron chi connectivity index (χ1n) is 15.2. The van der Waals surface area contributed by atoms with Crippen molar-refractivity contribution < 1.29 is 74.5 Å². The van der Waals surface area contributed by atoms with Crippen LogP contribution in [0.5, 0.6) is 5.75 Å². The van der Waals surface area contributed by atoms with Crippen molar-refractivity contribution in [3.05, 3.63) is 29.3 Å². The predicted molar refractivity (Wildman–Crippen MR) is 147 cm³/mol. The molecule has 2 saturated carbocycles. The van der Waals surface area contributed by atoms with Crippen LogP contribution >= 0.6 is 0 Å². The number of fused-ring (bicyclic) bond motifs is 5. The summed E-state index contributed by atoms with van der Waals surface area (Å²) < 4.78 is 22.4. The van der Waals surface area contributed by atoms with Crippen LogP contribution in [-0.4, -0.2) is 132 Å². The molecule has 9 N–H and O–H groups in total. The number of rotatable bonds is 6. The van der Waals surface area contributed by atoms with Crippen LogP contribution in [0.2, 0.25) is 0 Å².